The van der Waals surface area contributed by atoms with Gasteiger partial charge in [-0.15, -0.1) is 0 Å². The predicted molar refractivity (Wildman–Crippen MR) is 81.8 cm³/mol. The van der Waals surface area contributed by atoms with Crippen LogP contribution in [0.4, 0.5) is 0 Å². The lowest BCUT2D eigenvalue weighted by Crippen LogP contribution is -2.26. The molecule has 0 unspecified atom stereocenters. The zero-order valence-corrected chi connectivity index (χ0v) is 12.6. The molecule has 0 atom stereocenters. The molecule has 0 aliphatic carbocycles. The molecule has 2 aromatic rings. The summed E-state index contributed by atoms with van der Waals surface area (Å²) < 4.78 is 28.5. The molecule has 0 fully saturated rings. The van der Waals surface area contributed by atoms with Crippen molar-refractivity contribution in [3.63, 3.8) is 0 Å². The summed E-state index contributed by atoms with van der Waals surface area (Å²) >= 11 is 0. The van der Waals surface area contributed by atoms with Gasteiger partial charge in [-0.3, -0.25) is 0 Å². The molecule has 6 nitrogen and oxygen atoms in total. The average molecular weight is 308 g/mol. The highest BCUT2D eigenvalue weighted by molar-refractivity contribution is 7.88. The van der Waals surface area contributed by atoms with Crippen LogP contribution in [-0.4, -0.2) is 24.5 Å². The van der Waals surface area contributed by atoms with Crippen LogP contribution >= 0.6 is 0 Å². The molecule has 2 rings (SSSR count). The molecule has 0 aliphatic heterocycles. The van der Waals surface area contributed by atoms with E-state index in [9.17, 15) is 8.42 Å². The Morgan fingerprint density at radius 2 is 2.10 bits per heavy atom. The first-order valence-corrected chi connectivity index (χ1v) is 8.45. The van der Waals surface area contributed by atoms with Gasteiger partial charge in [0.2, 0.25) is 10.0 Å². The number of nitrogens with zero attached hydrogens (tertiary/aromatic N) is 2. The number of nitrogens with one attached hydrogen (secondary N) is 1. The van der Waals surface area contributed by atoms with Crippen LogP contribution in [0, 0.1) is 0 Å². The summed E-state index contributed by atoms with van der Waals surface area (Å²) in [6, 6.07) is 7.33. The Morgan fingerprint density at radius 3 is 2.81 bits per heavy atom. The summed E-state index contributed by atoms with van der Waals surface area (Å²) in [7, 11) is -3.32. The Kier molecular flexibility index (Phi) is 5.49. The fourth-order valence-electron chi connectivity index (χ4n) is 2.03. The lowest BCUT2D eigenvalue weighted by molar-refractivity contribution is 0.569. The third-order valence-electron chi connectivity index (χ3n) is 3.06. The van der Waals surface area contributed by atoms with Crippen molar-refractivity contribution in [2.45, 2.75) is 25.3 Å². The Labute approximate surface area is 125 Å². The summed E-state index contributed by atoms with van der Waals surface area (Å²) in [5.74, 6) is -0.0219. The van der Waals surface area contributed by atoms with E-state index < -0.39 is 10.0 Å². The third kappa shape index (κ3) is 5.30. The Bertz CT molecular complexity index is 653. The minimum absolute atomic E-state index is 0.0219. The maximum atomic E-state index is 12.0. The highest BCUT2D eigenvalue weighted by atomic mass is 32.2. The van der Waals surface area contributed by atoms with E-state index in [1.165, 1.54) is 0 Å². The minimum Gasteiger partial charge on any atom is -0.337 e. The number of rotatable bonds is 8. The molecule has 7 heteroatoms. The van der Waals surface area contributed by atoms with E-state index in [0.717, 1.165) is 24.1 Å². The SMILES string of the molecule is NCc1cccc(CS(=O)(=O)NCCCn2ccnc2)c1. The molecule has 0 spiro atoms. The van der Waals surface area contributed by atoms with Gasteiger partial charge in [-0.2, -0.15) is 0 Å². The topological polar surface area (TPSA) is 90.0 Å². The van der Waals surface area contributed by atoms with Gasteiger partial charge in [0, 0.05) is 32.0 Å². The fourth-order valence-corrected chi connectivity index (χ4v) is 3.20. The van der Waals surface area contributed by atoms with Crippen molar-refractivity contribution in [1.82, 2.24) is 14.3 Å². The molecule has 0 radical (unpaired) electrons. The van der Waals surface area contributed by atoms with Gasteiger partial charge < -0.3 is 10.3 Å². The second-order valence-corrected chi connectivity index (χ2v) is 6.64. The Balaban J connectivity index is 1.81. The van der Waals surface area contributed by atoms with Gasteiger partial charge >= 0.3 is 0 Å². The first kappa shape index (κ1) is 15.7. The number of sulfonamides is 1. The lowest BCUT2D eigenvalue weighted by atomic mass is 10.1. The fraction of sp³-hybridized carbons (Fsp3) is 0.357. The number of hydrogen-bond acceptors (Lipinski definition) is 4. The molecule has 1 aromatic heterocycles. The van der Waals surface area contributed by atoms with E-state index in [4.69, 9.17) is 5.73 Å². The van der Waals surface area contributed by atoms with Crippen LogP contribution in [0.1, 0.15) is 17.5 Å². The molecule has 114 valence electrons. The highest BCUT2D eigenvalue weighted by Crippen LogP contribution is 2.08. The highest BCUT2D eigenvalue weighted by Gasteiger charge is 2.11. The van der Waals surface area contributed by atoms with Gasteiger partial charge in [-0.25, -0.2) is 18.1 Å². The van der Waals surface area contributed by atoms with E-state index in [-0.39, 0.29) is 5.75 Å². The Hall–Kier alpha value is -1.70. The van der Waals surface area contributed by atoms with Crippen molar-refractivity contribution in [3.8, 4) is 0 Å². The van der Waals surface area contributed by atoms with Crippen LogP contribution in [0.5, 0.6) is 0 Å². The van der Waals surface area contributed by atoms with Gasteiger partial charge in [0.1, 0.15) is 0 Å². The second-order valence-electron chi connectivity index (χ2n) is 4.83. The van der Waals surface area contributed by atoms with Crippen LogP contribution in [0.3, 0.4) is 0 Å². The molecule has 1 heterocycles. The monoisotopic (exact) mass is 308 g/mol. The van der Waals surface area contributed by atoms with Crippen LogP contribution < -0.4 is 10.5 Å². The van der Waals surface area contributed by atoms with Crippen molar-refractivity contribution in [2.24, 2.45) is 5.73 Å². The molecular formula is C14H20N4O2S. The van der Waals surface area contributed by atoms with Crippen LogP contribution in [0.15, 0.2) is 43.0 Å². The second kappa shape index (κ2) is 7.35. The van der Waals surface area contributed by atoms with Crippen molar-refractivity contribution >= 4 is 10.0 Å². The first-order valence-electron chi connectivity index (χ1n) is 6.80. The molecule has 0 amide bonds. The zero-order chi connectivity index (χ0) is 15.1. The van der Waals surface area contributed by atoms with E-state index in [1.807, 2.05) is 29.0 Å². The van der Waals surface area contributed by atoms with Crippen molar-refractivity contribution < 1.29 is 8.42 Å². The number of imidazole rings is 1. The number of nitrogens with two attached hydrogens (primary N) is 1. The smallest absolute Gasteiger partial charge is 0.215 e. The summed E-state index contributed by atoms with van der Waals surface area (Å²) in [4.78, 5) is 3.94. The summed E-state index contributed by atoms with van der Waals surface area (Å²) in [6.45, 7) is 1.56. The lowest BCUT2D eigenvalue weighted by Gasteiger charge is -2.08. The normalized spacial score (nSPS) is 11.7. The molecular weight excluding hydrogens is 288 g/mol. The van der Waals surface area contributed by atoms with E-state index in [0.29, 0.717) is 13.1 Å². The van der Waals surface area contributed by atoms with E-state index >= 15 is 0 Å². The first-order chi connectivity index (χ1) is 10.1. The minimum atomic E-state index is -3.32. The molecule has 1 aromatic carbocycles. The van der Waals surface area contributed by atoms with Crippen LogP contribution in [-0.2, 0) is 28.9 Å². The largest absolute Gasteiger partial charge is 0.337 e. The quantitative estimate of drug-likeness (QED) is 0.708. The van der Waals surface area contributed by atoms with Gasteiger partial charge in [0.25, 0.3) is 0 Å². The summed E-state index contributed by atoms with van der Waals surface area (Å²) in [5, 5.41) is 0. The molecule has 0 aliphatic rings. The Morgan fingerprint density at radius 1 is 1.29 bits per heavy atom. The molecule has 0 saturated carbocycles. The number of aromatic nitrogens is 2. The molecule has 21 heavy (non-hydrogen) atoms. The van der Waals surface area contributed by atoms with E-state index in [1.54, 1.807) is 18.6 Å². The predicted octanol–water partition coefficient (Wildman–Crippen LogP) is 0.851. The van der Waals surface area contributed by atoms with Crippen LogP contribution in [0.25, 0.3) is 0 Å². The molecule has 0 saturated heterocycles. The van der Waals surface area contributed by atoms with Crippen molar-refractivity contribution in [3.05, 3.63) is 54.1 Å². The maximum absolute atomic E-state index is 12.0. The number of aryl methyl sites for hydroxylation is 1. The number of benzene rings is 1. The zero-order valence-electron chi connectivity index (χ0n) is 11.8. The number of hydrogen-bond donors (Lipinski definition) is 2. The van der Waals surface area contributed by atoms with Crippen molar-refractivity contribution in [2.75, 3.05) is 6.54 Å². The average Bonchev–Trinajstić information content (AvgIpc) is 2.96. The summed E-state index contributed by atoms with van der Waals surface area (Å²) in [6.07, 6.45) is 5.99. The van der Waals surface area contributed by atoms with E-state index in [2.05, 4.69) is 9.71 Å². The van der Waals surface area contributed by atoms with Crippen LogP contribution in [0.2, 0.25) is 0 Å². The van der Waals surface area contributed by atoms with Gasteiger partial charge in [0.15, 0.2) is 0 Å². The third-order valence-corrected chi connectivity index (χ3v) is 4.42. The molecule has 3 N–H and O–H groups in total. The molecule has 0 bridgehead atoms. The van der Waals surface area contributed by atoms with Gasteiger partial charge in [-0.05, 0) is 17.5 Å². The summed E-state index contributed by atoms with van der Waals surface area (Å²) in [5.41, 5.74) is 7.24. The standard InChI is InChI=1S/C14H20N4O2S/c15-10-13-3-1-4-14(9-13)11-21(19,20)17-5-2-7-18-8-6-16-12-18/h1,3-4,6,8-9,12,17H,2,5,7,10-11,15H2. The van der Waals surface area contributed by atoms with Gasteiger partial charge in [-0.1, -0.05) is 24.3 Å². The van der Waals surface area contributed by atoms with Crippen molar-refractivity contribution in [1.29, 1.82) is 0 Å². The van der Waals surface area contributed by atoms with Gasteiger partial charge in [0.05, 0.1) is 12.1 Å². The maximum Gasteiger partial charge on any atom is 0.215 e.